The molecule has 5 aromatic rings. The van der Waals surface area contributed by atoms with Crippen LogP contribution in [0.2, 0.25) is 0 Å². The Morgan fingerprint density at radius 1 is 1.00 bits per heavy atom. The number of aromatic nitrogens is 1. The van der Waals surface area contributed by atoms with Crippen molar-refractivity contribution in [2.45, 2.75) is 0 Å². The Bertz CT molecular complexity index is 1410. The molecule has 0 fully saturated rings. The molecule has 32 heavy (non-hydrogen) atoms. The number of pyridine rings is 1. The molecule has 156 valence electrons. The van der Waals surface area contributed by atoms with Crippen LogP contribution in [0, 0.1) is 0 Å². The van der Waals surface area contributed by atoms with E-state index in [2.05, 4.69) is 15.5 Å². The van der Waals surface area contributed by atoms with Crippen LogP contribution in [0.4, 0.5) is 5.69 Å². The van der Waals surface area contributed by atoms with Crippen LogP contribution in [-0.2, 0) is 0 Å². The zero-order valence-corrected chi connectivity index (χ0v) is 17.7. The Balaban J connectivity index is 1.60. The summed E-state index contributed by atoms with van der Waals surface area (Å²) in [6.45, 7) is 0. The Morgan fingerprint density at radius 2 is 1.72 bits per heavy atom. The highest BCUT2D eigenvalue weighted by atomic mass is 32.1. The van der Waals surface area contributed by atoms with Gasteiger partial charge in [-0.2, -0.15) is 5.10 Å². The van der Waals surface area contributed by atoms with E-state index in [1.54, 1.807) is 6.21 Å². The molecule has 6 nitrogen and oxygen atoms in total. The zero-order valence-electron chi connectivity index (χ0n) is 16.9. The molecule has 0 atom stereocenters. The number of anilines is 1. The molecule has 1 amide bonds. The summed E-state index contributed by atoms with van der Waals surface area (Å²) in [5.41, 5.74) is 12.9. The number of nitrogens with one attached hydrogen (secondary N) is 1. The van der Waals surface area contributed by atoms with Crippen molar-refractivity contribution >= 4 is 40.2 Å². The van der Waals surface area contributed by atoms with E-state index in [0.29, 0.717) is 11.1 Å². The maximum Gasteiger partial charge on any atom is 0.309 e. The van der Waals surface area contributed by atoms with E-state index in [4.69, 9.17) is 10.2 Å². The lowest BCUT2D eigenvalue weighted by Gasteiger charge is -2.07. The van der Waals surface area contributed by atoms with E-state index in [-0.39, 0.29) is 11.4 Å². The topological polar surface area (TPSA) is 93.5 Å². The average molecular weight is 439 g/mol. The number of nitrogens with zero attached hydrogens (tertiary/aromatic N) is 2. The van der Waals surface area contributed by atoms with Gasteiger partial charge in [0.05, 0.1) is 23.0 Å². The van der Waals surface area contributed by atoms with Crippen molar-refractivity contribution in [3.8, 4) is 22.4 Å². The Kier molecular flexibility index (Phi) is 5.23. The van der Waals surface area contributed by atoms with Crippen LogP contribution in [0.3, 0.4) is 0 Å². The largest absolute Gasteiger partial charge is 0.430 e. The van der Waals surface area contributed by atoms with Crippen LogP contribution in [0.1, 0.15) is 15.4 Å². The molecule has 0 aliphatic heterocycles. The summed E-state index contributed by atoms with van der Waals surface area (Å²) >= 11 is 1.52. The molecule has 2 aromatic carbocycles. The zero-order chi connectivity index (χ0) is 21.9. The summed E-state index contributed by atoms with van der Waals surface area (Å²) in [6, 6.07) is 25.4. The van der Waals surface area contributed by atoms with Gasteiger partial charge in [0.1, 0.15) is 0 Å². The third-order valence-corrected chi connectivity index (χ3v) is 5.77. The Morgan fingerprint density at radius 3 is 2.41 bits per heavy atom. The first-order chi connectivity index (χ1) is 15.7. The molecule has 5 rings (SSSR count). The van der Waals surface area contributed by atoms with Crippen LogP contribution in [0.25, 0.3) is 33.5 Å². The smallest absolute Gasteiger partial charge is 0.309 e. The molecule has 0 saturated carbocycles. The Labute approximate surface area is 188 Å². The number of nitrogen functional groups attached to an aromatic ring is 1. The van der Waals surface area contributed by atoms with Gasteiger partial charge in [-0.15, -0.1) is 11.3 Å². The standard InChI is InChI=1S/C25H18N4O2S/c26-22-21-19(16-8-3-1-4-9-16)14-20(17-10-5-2-6-11-17)28-25(21)31-23(22)24(30)29-27-15-18-12-7-13-32-18/h1-15H,26H2,(H,29,30). The van der Waals surface area contributed by atoms with E-state index in [1.165, 1.54) is 11.3 Å². The van der Waals surface area contributed by atoms with Crippen LogP contribution in [-0.4, -0.2) is 17.1 Å². The van der Waals surface area contributed by atoms with E-state index in [9.17, 15) is 4.79 Å². The van der Waals surface area contributed by atoms with Gasteiger partial charge in [-0.3, -0.25) is 4.79 Å². The Hall–Kier alpha value is -4.23. The molecule has 0 aliphatic carbocycles. The van der Waals surface area contributed by atoms with Crippen LogP contribution < -0.4 is 11.2 Å². The van der Waals surface area contributed by atoms with Crippen molar-refractivity contribution < 1.29 is 9.21 Å². The van der Waals surface area contributed by atoms with Crippen molar-refractivity contribution in [3.05, 3.63) is 94.9 Å². The molecular weight excluding hydrogens is 420 g/mol. The summed E-state index contributed by atoms with van der Waals surface area (Å²) in [5.74, 6) is -0.549. The number of nitrogens with two attached hydrogens (primary N) is 1. The highest BCUT2D eigenvalue weighted by Crippen LogP contribution is 2.38. The van der Waals surface area contributed by atoms with Gasteiger partial charge in [-0.1, -0.05) is 66.7 Å². The molecule has 0 bridgehead atoms. The minimum Gasteiger partial charge on any atom is -0.430 e. The number of fused-ring (bicyclic) bond motifs is 1. The SMILES string of the molecule is Nc1c(C(=O)NN=Cc2cccs2)oc2nc(-c3ccccc3)cc(-c3ccccc3)c12. The minimum absolute atomic E-state index is 0.0155. The molecule has 0 saturated heterocycles. The van der Waals surface area contributed by atoms with Crippen LogP contribution >= 0.6 is 11.3 Å². The number of rotatable bonds is 5. The second-order valence-corrected chi connectivity index (χ2v) is 8.01. The average Bonchev–Trinajstić information content (AvgIpc) is 3.47. The second kappa shape index (κ2) is 8.49. The van der Waals surface area contributed by atoms with Crippen LogP contribution in [0.5, 0.6) is 0 Å². The van der Waals surface area contributed by atoms with Crippen molar-refractivity contribution in [2.75, 3.05) is 5.73 Å². The van der Waals surface area contributed by atoms with E-state index < -0.39 is 5.91 Å². The fourth-order valence-electron chi connectivity index (χ4n) is 3.46. The highest BCUT2D eigenvalue weighted by Gasteiger charge is 2.23. The molecule has 0 unspecified atom stereocenters. The van der Waals surface area contributed by atoms with Gasteiger partial charge in [-0.05, 0) is 28.6 Å². The molecule has 0 aliphatic rings. The fraction of sp³-hybridized carbons (Fsp3) is 0. The van der Waals surface area contributed by atoms with Crippen molar-refractivity contribution in [1.82, 2.24) is 10.4 Å². The second-order valence-electron chi connectivity index (χ2n) is 7.03. The minimum atomic E-state index is -0.534. The summed E-state index contributed by atoms with van der Waals surface area (Å²) < 4.78 is 5.85. The molecule has 3 N–H and O–H groups in total. The maximum absolute atomic E-state index is 12.7. The summed E-state index contributed by atoms with van der Waals surface area (Å²) in [6.07, 6.45) is 1.57. The summed E-state index contributed by atoms with van der Waals surface area (Å²) in [5, 5.41) is 6.53. The van der Waals surface area contributed by atoms with Gasteiger partial charge in [0.2, 0.25) is 11.5 Å². The van der Waals surface area contributed by atoms with Gasteiger partial charge in [-0.25, -0.2) is 10.4 Å². The maximum atomic E-state index is 12.7. The first-order valence-electron chi connectivity index (χ1n) is 9.91. The molecule has 0 radical (unpaired) electrons. The molecule has 7 heteroatoms. The normalized spacial score (nSPS) is 11.2. The number of amides is 1. The van der Waals surface area contributed by atoms with Crippen LogP contribution in [0.15, 0.2) is 93.8 Å². The number of furan rings is 1. The van der Waals surface area contributed by atoms with Gasteiger partial charge >= 0.3 is 5.91 Å². The van der Waals surface area contributed by atoms with Crippen molar-refractivity contribution in [3.63, 3.8) is 0 Å². The number of carbonyl (C=O) groups is 1. The first kappa shape index (κ1) is 19.7. The third kappa shape index (κ3) is 3.77. The summed E-state index contributed by atoms with van der Waals surface area (Å²) in [7, 11) is 0. The number of thiophene rings is 1. The fourth-order valence-corrected chi connectivity index (χ4v) is 4.05. The number of hydrogen-bond donors (Lipinski definition) is 2. The van der Waals surface area contributed by atoms with Gasteiger partial charge in [0.15, 0.2) is 0 Å². The third-order valence-electron chi connectivity index (χ3n) is 4.96. The first-order valence-corrected chi connectivity index (χ1v) is 10.8. The van der Waals surface area contributed by atoms with Gasteiger partial charge in [0.25, 0.3) is 0 Å². The highest BCUT2D eigenvalue weighted by molar-refractivity contribution is 7.11. The van der Waals surface area contributed by atoms with E-state index in [1.807, 2.05) is 84.2 Å². The van der Waals surface area contributed by atoms with E-state index in [0.717, 1.165) is 27.3 Å². The molecular formula is C25H18N4O2S. The summed E-state index contributed by atoms with van der Waals surface area (Å²) in [4.78, 5) is 18.3. The van der Waals surface area contributed by atoms with Gasteiger partial charge < -0.3 is 10.2 Å². The number of carbonyl (C=O) groups excluding carboxylic acids is 1. The van der Waals surface area contributed by atoms with E-state index >= 15 is 0 Å². The molecule has 3 heterocycles. The number of benzene rings is 2. The lowest BCUT2D eigenvalue weighted by atomic mass is 9.99. The molecule has 3 aromatic heterocycles. The predicted molar refractivity (Wildman–Crippen MR) is 129 cm³/mol. The predicted octanol–water partition coefficient (Wildman–Crippen LogP) is 5.57. The quantitative estimate of drug-likeness (QED) is 0.277. The molecule has 0 spiro atoms. The van der Waals surface area contributed by atoms with Crippen molar-refractivity contribution in [2.24, 2.45) is 5.10 Å². The monoisotopic (exact) mass is 438 g/mol. The van der Waals surface area contributed by atoms with Crippen molar-refractivity contribution in [1.29, 1.82) is 0 Å². The lowest BCUT2D eigenvalue weighted by Crippen LogP contribution is -2.18. The van der Waals surface area contributed by atoms with Gasteiger partial charge in [0, 0.05) is 10.4 Å². The number of hydrogen-bond acceptors (Lipinski definition) is 6. The lowest BCUT2D eigenvalue weighted by molar-refractivity contribution is 0.0930. The number of hydrazone groups is 1.